The Kier molecular flexibility index (Phi) is 3.82. The monoisotopic (exact) mass is 338 g/mol. The molecule has 2 atom stereocenters. The highest BCUT2D eigenvalue weighted by Crippen LogP contribution is 2.41. The number of hydrogen-bond acceptors (Lipinski definition) is 4. The number of carbonyl (C=O) groups excluding carboxylic acids is 1. The lowest BCUT2D eigenvalue weighted by molar-refractivity contribution is 0.1000. The molecule has 2 unspecified atom stereocenters. The maximum Gasteiger partial charge on any atom is 0.248 e. The summed E-state index contributed by atoms with van der Waals surface area (Å²) in [6.07, 6.45) is 8.25. The van der Waals surface area contributed by atoms with Crippen molar-refractivity contribution in [3.05, 3.63) is 53.7 Å². The van der Waals surface area contributed by atoms with Gasteiger partial charge in [0.25, 0.3) is 0 Å². The summed E-state index contributed by atoms with van der Waals surface area (Å²) in [5, 5.41) is 2.34. The van der Waals surface area contributed by atoms with Gasteiger partial charge >= 0.3 is 0 Å². The van der Waals surface area contributed by atoms with Crippen LogP contribution in [-0.4, -0.2) is 24.1 Å². The summed E-state index contributed by atoms with van der Waals surface area (Å²) in [7, 11) is 1.74. The predicted molar refractivity (Wildman–Crippen MR) is 97.6 cm³/mol. The molecule has 4 nitrogen and oxygen atoms in total. The van der Waals surface area contributed by atoms with Crippen molar-refractivity contribution < 1.29 is 9.53 Å². The Morgan fingerprint density at radius 2 is 2.21 bits per heavy atom. The van der Waals surface area contributed by atoms with Gasteiger partial charge in [-0.1, -0.05) is 12.2 Å². The third-order valence-corrected chi connectivity index (χ3v) is 5.75. The average Bonchev–Trinajstić information content (AvgIpc) is 2.99. The molecule has 1 aromatic carbocycles. The number of amides is 1. The lowest BCUT2D eigenvalue weighted by Gasteiger charge is -2.23. The second-order valence-electron chi connectivity index (χ2n) is 6.10. The van der Waals surface area contributed by atoms with Gasteiger partial charge in [-0.05, 0) is 42.7 Å². The summed E-state index contributed by atoms with van der Waals surface area (Å²) >= 11 is 1.61. The number of allylic oxidation sites excluding steroid dienone is 1. The van der Waals surface area contributed by atoms with Crippen molar-refractivity contribution in [2.45, 2.75) is 24.9 Å². The average molecular weight is 338 g/mol. The maximum atomic E-state index is 11.8. The number of fused-ring (bicyclic) bond motifs is 3. The van der Waals surface area contributed by atoms with Crippen LogP contribution in [0.15, 0.2) is 42.6 Å². The van der Waals surface area contributed by atoms with Crippen LogP contribution in [0.1, 0.15) is 34.7 Å². The van der Waals surface area contributed by atoms with Crippen molar-refractivity contribution in [2.75, 3.05) is 7.11 Å². The number of aromatic nitrogens is 1. The highest BCUT2D eigenvalue weighted by Gasteiger charge is 2.22. The summed E-state index contributed by atoms with van der Waals surface area (Å²) in [6.45, 7) is 0. The van der Waals surface area contributed by atoms with Crippen molar-refractivity contribution >= 4 is 37.5 Å². The Balaban J connectivity index is 1.96. The molecule has 24 heavy (non-hydrogen) atoms. The number of nitrogens with two attached hydrogens (primary N) is 1. The van der Waals surface area contributed by atoms with Gasteiger partial charge in [0.2, 0.25) is 5.91 Å². The molecule has 1 aliphatic rings. The molecule has 0 fully saturated rings. The molecule has 4 rings (SSSR count). The number of pyridine rings is 1. The van der Waals surface area contributed by atoms with E-state index in [1.165, 1.54) is 5.39 Å². The molecule has 5 heteroatoms. The topological polar surface area (TPSA) is 65.2 Å². The molecular weight excluding hydrogens is 320 g/mol. The predicted octanol–water partition coefficient (Wildman–Crippen LogP) is 4.00. The van der Waals surface area contributed by atoms with Crippen molar-refractivity contribution in [3.8, 4) is 0 Å². The zero-order chi connectivity index (χ0) is 16.7. The number of rotatable bonds is 3. The van der Waals surface area contributed by atoms with Crippen LogP contribution in [0.3, 0.4) is 0 Å². The van der Waals surface area contributed by atoms with E-state index in [0.717, 1.165) is 33.3 Å². The van der Waals surface area contributed by atoms with Gasteiger partial charge in [-0.15, -0.1) is 11.3 Å². The second-order valence-corrected chi connectivity index (χ2v) is 7.13. The van der Waals surface area contributed by atoms with Crippen LogP contribution in [0.5, 0.6) is 0 Å². The highest BCUT2D eigenvalue weighted by molar-refractivity contribution is 7.25. The van der Waals surface area contributed by atoms with Gasteiger partial charge in [-0.25, -0.2) is 4.98 Å². The maximum absolute atomic E-state index is 11.8. The number of thiophene rings is 1. The zero-order valence-electron chi connectivity index (χ0n) is 13.4. The fraction of sp³-hybridized carbons (Fsp3) is 0.263. The second kappa shape index (κ2) is 6.00. The quantitative estimate of drug-likeness (QED) is 0.734. The molecule has 2 N–H and O–H groups in total. The first-order chi connectivity index (χ1) is 11.7. The standard InChI is InChI=1S/C19H18N2O2S/c1-23-13-6-4-11(5-7-13)15-9-12(18(20)22)10-16-17(15)14-3-2-8-21-19(14)24-16/h2-4,6,8-11,13H,5,7H2,1H3,(H2,20,22). The van der Waals surface area contributed by atoms with Crippen molar-refractivity contribution in [1.82, 2.24) is 4.98 Å². The summed E-state index contributed by atoms with van der Waals surface area (Å²) in [4.78, 5) is 17.2. The van der Waals surface area contributed by atoms with Gasteiger partial charge in [0, 0.05) is 40.3 Å². The zero-order valence-corrected chi connectivity index (χ0v) is 14.2. The molecule has 122 valence electrons. The van der Waals surface area contributed by atoms with E-state index in [9.17, 15) is 4.79 Å². The minimum Gasteiger partial charge on any atom is -0.377 e. The SMILES string of the molecule is COC1C=CC(c2cc(C(N)=O)cc3sc4ncccc4c23)CC1. The Labute approximate surface area is 143 Å². The minimum absolute atomic E-state index is 0.178. The smallest absolute Gasteiger partial charge is 0.248 e. The van der Waals surface area contributed by atoms with Crippen LogP contribution in [0.4, 0.5) is 0 Å². The number of nitrogens with zero attached hydrogens (tertiary/aromatic N) is 1. The number of methoxy groups -OCH3 is 1. The molecule has 0 saturated heterocycles. The van der Waals surface area contributed by atoms with E-state index in [0.29, 0.717) is 5.56 Å². The summed E-state index contributed by atoms with van der Waals surface area (Å²) in [6, 6.07) is 7.89. The van der Waals surface area contributed by atoms with Crippen molar-refractivity contribution in [2.24, 2.45) is 5.73 Å². The Morgan fingerprint density at radius 3 is 2.92 bits per heavy atom. The molecule has 3 aromatic rings. The molecule has 1 aliphatic carbocycles. The first-order valence-corrected chi connectivity index (χ1v) is 8.81. The first-order valence-electron chi connectivity index (χ1n) is 7.99. The molecule has 0 radical (unpaired) electrons. The number of hydrogen-bond donors (Lipinski definition) is 1. The van der Waals surface area contributed by atoms with Crippen molar-refractivity contribution in [1.29, 1.82) is 0 Å². The molecular formula is C19H18N2O2S. The largest absolute Gasteiger partial charge is 0.377 e. The van der Waals surface area contributed by atoms with Crippen LogP contribution < -0.4 is 5.73 Å². The normalized spacial score (nSPS) is 20.7. The van der Waals surface area contributed by atoms with Gasteiger partial charge in [-0.3, -0.25) is 4.79 Å². The first kappa shape index (κ1) is 15.3. The highest BCUT2D eigenvalue weighted by atomic mass is 32.1. The van der Waals surface area contributed by atoms with Crippen LogP contribution in [0, 0.1) is 0 Å². The van der Waals surface area contributed by atoms with Crippen LogP contribution in [0.2, 0.25) is 0 Å². The van der Waals surface area contributed by atoms with Gasteiger partial charge < -0.3 is 10.5 Å². The van der Waals surface area contributed by atoms with Crippen LogP contribution in [0.25, 0.3) is 20.3 Å². The molecule has 0 spiro atoms. The van der Waals surface area contributed by atoms with E-state index in [1.807, 2.05) is 18.2 Å². The molecule has 0 saturated carbocycles. The number of benzene rings is 1. The van der Waals surface area contributed by atoms with E-state index in [-0.39, 0.29) is 12.0 Å². The van der Waals surface area contributed by atoms with E-state index in [2.05, 4.69) is 23.2 Å². The lowest BCUT2D eigenvalue weighted by atomic mass is 9.85. The Bertz CT molecular complexity index is 961. The van der Waals surface area contributed by atoms with E-state index in [4.69, 9.17) is 10.5 Å². The van der Waals surface area contributed by atoms with Gasteiger partial charge in [0.1, 0.15) is 4.83 Å². The van der Waals surface area contributed by atoms with Gasteiger partial charge in [0.15, 0.2) is 0 Å². The van der Waals surface area contributed by atoms with Gasteiger partial charge in [0.05, 0.1) is 6.10 Å². The third kappa shape index (κ3) is 2.50. The van der Waals surface area contributed by atoms with Crippen LogP contribution >= 0.6 is 11.3 Å². The molecule has 0 aliphatic heterocycles. The van der Waals surface area contributed by atoms with Gasteiger partial charge in [-0.2, -0.15) is 0 Å². The van der Waals surface area contributed by atoms with E-state index in [1.54, 1.807) is 24.6 Å². The molecule has 2 heterocycles. The van der Waals surface area contributed by atoms with Crippen LogP contribution in [-0.2, 0) is 4.74 Å². The fourth-order valence-electron chi connectivity index (χ4n) is 3.46. The van der Waals surface area contributed by atoms with E-state index < -0.39 is 5.91 Å². The summed E-state index contributed by atoms with van der Waals surface area (Å²) in [5.74, 6) is -0.130. The summed E-state index contributed by atoms with van der Waals surface area (Å²) in [5.41, 5.74) is 7.27. The molecule has 2 aromatic heterocycles. The summed E-state index contributed by atoms with van der Waals surface area (Å²) < 4.78 is 6.48. The molecule has 0 bridgehead atoms. The van der Waals surface area contributed by atoms with E-state index >= 15 is 0 Å². The number of ether oxygens (including phenoxy) is 1. The minimum atomic E-state index is -0.391. The Morgan fingerprint density at radius 1 is 1.33 bits per heavy atom. The Hall–Kier alpha value is -2.24. The lowest BCUT2D eigenvalue weighted by Crippen LogP contribution is -2.15. The number of primary amides is 1. The third-order valence-electron chi connectivity index (χ3n) is 4.69. The fourth-order valence-corrected chi connectivity index (χ4v) is 4.57. The molecule has 1 amide bonds. The van der Waals surface area contributed by atoms with Crippen molar-refractivity contribution in [3.63, 3.8) is 0 Å². The number of carbonyl (C=O) groups is 1.